The van der Waals surface area contributed by atoms with Crippen LogP contribution in [0.3, 0.4) is 0 Å². The minimum Gasteiger partial charge on any atom is -0.354 e. The van der Waals surface area contributed by atoms with E-state index in [-0.39, 0.29) is 17.9 Å². The van der Waals surface area contributed by atoms with Gasteiger partial charge in [-0.1, -0.05) is 40.5 Å². The molecule has 126 valence electrons. The van der Waals surface area contributed by atoms with Crippen molar-refractivity contribution in [1.82, 2.24) is 15.5 Å². The van der Waals surface area contributed by atoms with Crippen LogP contribution in [0.2, 0.25) is 0 Å². The Hall–Kier alpha value is -1.40. The minimum absolute atomic E-state index is 0.00552. The van der Waals surface area contributed by atoms with E-state index in [4.69, 9.17) is 0 Å². The summed E-state index contributed by atoms with van der Waals surface area (Å²) in [5.74, 6) is 0.0311. The van der Waals surface area contributed by atoms with E-state index in [1.54, 1.807) is 11.9 Å². The smallest absolute Gasteiger partial charge is 0.237 e. The van der Waals surface area contributed by atoms with Crippen molar-refractivity contribution in [3.63, 3.8) is 0 Å². The van der Waals surface area contributed by atoms with Gasteiger partial charge in [-0.05, 0) is 31.0 Å². The van der Waals surface area contributed by atoms with Gasteiger partial charge in [0.1, 0.15) is 0 Å². The highest BCUT2D eigenvalue weighted by Gasteiger charge is 2.20. The zero-order valence-electron chi connectivity index (χ0n) is 13.5. The summed E-state index contributed by atoms with van der Waals surface area (Å²) in [5.41, 5.74) is 1.07. The summed E-state index contributed by atoms with van der Waals surface area (Å²) >= 11 is 3.49. The number of nitrogens with zero attached hydrogens (tertiary/aromatic N) is 1. The van der Waals surface area contributed by atoms with Crippen molar-refractivity contribution in [3.8, 4) is 0 Å². The average molecular weight is 382 g/mol. The predicted molar refractivity (Wildman–Crippen MR) is 93.9 cm³/mol. The fourth-order valence-corrected chi connectivity index (χ4v) is 3.06. The van der Waals surface area contributed by atoms with Gasteiger partial charge in [0, 0.05) is 31.0 Å². The first kappa shape index (κ1) is 17.9. The molecule has 2 rings (SSSR count). The maximum atomic E-state index is 12.2. The summed E-state index contributed by atoms with van der Waals surface area (Å²) in [6.07, 6.45) is 3.40. The van der Waals surface area contributed by atoms with Gasteiger partial charge >= 0.3 is 0 Å². The Morgan fingerprint density at radius 3 is 2.83 bits per heavy atom. The van der Waals surface area contributed by atoms with Crippen LogP contribution in [0.1, 0.15) is 31.2 Å². The molecular weight excluding hydrogens is 358 g/mol. The lowest BCUT2D eigenvalue weighted by molar-refractivity contribution is -0.130. The van der Waals surface area contributed by atoms with Crippen LogP contribution < -0.4 is 10.6 Å². The maximum Gasteiger partial charge on any atom is 0.237 e. The fourth-order valence-electron chi connectivity index (χ4n) is 2.65. The number of carbonyl (C=O) groups excluding carboxylic acids is 2. The van der Waals surface area contributed by atoms with Crippen LogP contribution in [0.15, 0.2) is 28.7 Å². The molecule has 1 aromatic carbocycles. The summed E-state index contributed by atoms with van der Waals surface area (Å²) in [4.78, 5) is 25.8. The molecule has 0 bridgehead atoms. The number of carbonyl (C=O) groups is 2. The number of nitrogens with one attached hydrogen (secondary N) is 2. The summed E-state index contributed by atoms with van der Waals surface area (Å²) in [6.45, 7) is 1.83. The standard InChI is InChI=1S/C17H24BrN3O2/c1-21(12-13-6-2-3-7-14(13)18)16(22)9-11-20-17(23)15-8-4-5-10-19-15/h2-3,6-7,15,19H,4-5,8-12H2,1H3,(H,20,23). The lowest BCUT2D eigenvalue weighted by Gasteiger charge is -2.23. The SMILES string of the molecule is CN(Cc1ccccc1Br)C(=O)CCNC(=O)C1CCCCN1. The largest absolute Gasteiger partial charge is 0.354 e. The van der Waals surface area contributed by atoms with Crippen LogP contribution in [0, 0.1) is 0 Å². The third kappa shape index (κ3) is 5.62. The molecule has 1 aromatic rings. The van der Waals surface area contributed by atoms with Crippen LogP contribution in [-0.4, -0.2) is 42.9 Å². The molecule has 1 aliphatic rings. The van der Waals surface area contributed by atoms with Gasteiger partial charge in [0.2, 0.25) is 11.8 Å². The monoisotopic (exact) mass is 381 g/mol. The number of hydrogen-bond donors (Lipinski definition) is 2. The van der Waals surface area contributed by atoms with E-state index >= 15 is 0 Å². The van der Waals surface area contributed by atoms with Crippen LogP contribution in [0.5, 0.6) is 0 Å². The van der Waals surface area contributed by atoms with E-state index in [9.17, 15) is 9.59 Å². The molecule has 2 N–H and O–H groups in total. The van der Waals surface area contributed by atoms with Gasteiger partial charge in [-0.2, -0.15) is 0 Å². The quantitative estimate of drug-likeness (QED) is 0.792. The second kappa shape index (κ2) is 9.03. The number of amides is 2. The molecule has 1 atom stereocenters. The molecule has 1 saturated heterocycles. The Morgan fingerprint density at radius 1 is 1.35 bits per heavy atom. The number of benzene rings is 1. The molecule has 0 aliphatic carbocycles. The van der Waals surface area contributed by atoms with Gasteiger partial charge in [0.15, 0.2) is 0 Å². The van der Waals surface area contributed by atoms with Gasteiger partial charge in [-0.3, -0.25) is 9.59 Å². The highest BCUT2D eigenvalue weighted by Crippen LogP contribution is 2.17. The molecule has 23 heavy (non-hydrogen) atoms. The highest BCUT2D eigenvalue weighted by atomic mass is 79.9. The van der Waals surface area contributed by atoms with Gasteiger partial charge in [0.25, 0.3) is 0 Å². The topological polar surface area (TPSA) is 61.4 Å². The first-order valence-corrected chi connectivity index (χ1v) is 8.85. The summed E-state index contributed by atoms with van der Waals surface area (Å²) in [5, 5.41) is 6.06. The lowest BCUT2D eigenvalue weighted by Crippen LogP contribution is -2.47. The van der Waals surface area contributed by atoms with Crippen molar-refractivity contribution >= 4 is 27.7 Å². The number of rotatable bonds is 6. The van der Waals surface area contributed by atoms with E-state index in [1.807, 2.05) is 24.3 Å². The molecule has 1 aliphatic heterocycles. The van der Waals surface area contributed by atoms with Crippen LogP contribution in [0.25, 0.3) is 0 Å². The molecule has 1 fully saturated rings. The summed E-state index contributed by atoms with van der Waals surface area (Å²) in [6, 6.07) is 7.76. The minimum atomic E-state index is -0.100. The summed E-state index contributed by atoms with van der Waals surface area (Å²) in [7, 11) is 1.78. The third-order valence-electron chi connectivity index (χ3n) is 4.06. The zero-order chi connectivity index (χ0) is 16.7. The lowest BCUT2D eigenvalue weighted by atomic mass is 10.0. The predicted octanol–water partition coefficient (Wildman–Crippen LogP) is 2.06. The van der Waals surface area contributed by atoms with Crippen molar-refractivity contribution in [2.24, 2.45) is 0 Å². The number of hydrogen-bond acceptors (Lipinski definition) is 3. The van der Waals surface area contributed by atoms with E-state index in [0.717, 1.165) is 35.8 Å². The first-order valence-electron chi connectivity index (χ1n) is 8.06. The van der Waals surface area contributed by atoms with Crippen LogP contribution in [-0.2, 0) is 16.1 Å². The molecule has 5 nitrogen and oxygen atoms in total. The zero-order valence-corrected chi connectivity index (χ0v) is 15.1. The first-order chi connectivity index (χ1) is 11.1. The number of halogens is 1. The molecule has 0 spiro atoms. The number of piperidine rings is 1. The Morgan fingerprint density at radius 2 is 2.13 bits per heavy atom. The van der Waals surface area contributed by atoms with E-state index < -0.39 is 0 Å². The highest BCUT2D eigenvalue weighted by molar-refractivity contribution is 9.10. The molecule has 2 amide bonds. The van der Waals surface area contributed by atoms with Crippen LogP contribution >= 0.6 is 15.9 Å². The van der Waals surface area contributed by atoms with Crippen molar-refractivity contribution in [2.75, 3.05) is 20.1 Å². The van der Waals surface area contributed by atoms with E-state index in [0.29, 0.717) is 19.5 Å². The van der Waals surface area contributed by atoms with Crippen molar-refractivity contribution < 1.29 is 9.59 Å². The molecule has 0 radical (unpaired) electrons. The molecular formula is C17H24BrN3O2. The summed E-state index contributed by atoms with van der Waals surface area (Å²) < 4.78 is 0.997. The van der Waals surface area contributed by atoms with Gasteiger partial charge < -0.3 is 15.5 Å². The molecule has 1 unspecified atom stereocenters. The molecule has 6 heteroatoms. The Kier molecular flexibility index (Phi) is 7.05. The van der Waals surface area contributed by atoms with Gasteiger partial charge in [-0.15, -0.1) is 0 Å². The van der Waals surface area contributed by atoms with E-state index in [1.165, 1.54) is 0 Å². The third-order valence-corrected chi connectivity index (χ3v) is 4.83. The van der Waals surface area contributed by atoms with Crippen LogP contribution in [0.4, 0.5) is 0 Å². The maximum absolute atomic E-state index is 12.2. The van der Waals surface area contributed by atoms with E-state index in [2.05, 4.69) is 26.6 Å². The normalized spacial score (nSPS) is 17.6. The Bertz CT molecular complexity index is 544. The second-order valence-corrected chi connectivity index (χ2v) is 6.74. The fraction of sp³-hybridized carbons (Fsp3) is 0.529. The Balaban J connectivity index is 1.71. The molecule has 0 aromatic heterocycles. The van der Waals surface area contributed by atoms with Crippen molar-refractivity contribution in [3.05, 3.63) is 34.3 Å². The van der Waals surface area contributed by atoms with Gasteiger partial charge in [0.05, 0.1) is 6.04 Å². The molecule has 0 saturated carbocycles. The molecule has 1 heterocycles. The van der Waals surface area contributed by atoms with Crippen molar-refractivity contribution in [1.29, 1.82) is 0 Å². The average Bonchev–Trinajstić information content (AvgIpc) is 2.57. The van der Waals surface area contributed by atoms with Gasteiger partial charge in [-0.25, -0.2) is 0 Å². The Labute approximate surface area is 145 Å². The second-order valence-electron chi connectivity index (χ2n) is 5.88. The van der Waals surface area contributed by atoms with Crippen molar-refractivity contribution in [2.45, 2.75) is 38.3 Å².